The quantitative estimate of drug-likeness (QED) is 0.487. The Morgan fingerprint density at radius 1 is 1.53 bits per heavy atom. The zero-order chi connectivity index (χ0) is 10.1. The summed E-state index contributed by atoms with van der Waals surface area (Å²) in [4.78, 5) is 10.3. The van der Waals surface area contributed by atoms with E-state index in [1.54, 1.807) is 19.3 Å². The van der Waals surface area contributed by atoms with E-state index in [-0.39, 0.29) is 57.3 Å². The van der Waals surface area contributed by atoms with Gasteiger partial charge in [-0.15, -0.1) is 10.2 Å². The van der Waals surface area contributed by atoms with Gasteiger partial charge >= 0.3 is 51.4 Å². The maximum atomic E-state index is 10.3. The van der Waals surface area contributed by atoms with Crippen LogP contribution in [0, 0.1) is 0 Å². The van der Waals surface area contributed by atoms with E-state index in [2.05, 4.69) is 15.3 Å². The van der Waals surface area contributed by atoms with Gasteiger partial charge in [0.2, 0.25) is 0 Å². The second-order valence-corrected chi connectivity index (χ2v) is 2.57. The van der Waals surface area contributed by atoms with Crippen LogP contribution in [0.2, 0.25) is 0 Å². The molecule has 0 fully saturated rings. The summed E-state index contributed by atoms with van der Waals surface area (Å²) < 4.78 is 6.32. The molecule has 0 N–H and O–H groups in total. The predicted molar refractivity (Wildman–Crippen MR) is 40.8 cm³/mol. The van der Waals surface area contributed by atoms with E-state index in [4.69, 9.17) is 4.42 Å². The minimum absolute atomic E-state index is 0. The third-order valence-electron chi connectivity index (χ3n) is 1.53. The number of hydrogen-bond donors (Lipinski definition) is 0. The van der Waals surface area contributed by atoms with E-state index in [0.29, 0.717) is 5.69 Å². The predicted octanol–water partition coefficient (Wildman–Crippen LogP) is -4.16. The van der Waals surface area contributed by atoms with Crippen LogP contribution in [-0.4, -0.2) is 25.9 Å². The van der Waals surface area contributed by atoms with Crippen molar-refractivity contribution in [2.45, 2.75) is 0 Å². The van der Waals surface area contributed by atoms with Gasteiger partial charge in [-0.3, -0.25) is 4.68 Å². The van der Waals surface area contributed by atoms with E-state index < -0.39 is 11.9 Å². The Kier molecular flexibility index (Phi) is 4.17. The number of aromatic nitrogens is 4. The second kappa shape index (κ2) is 4.99. The summed E-state index contributed by atoms with van der Waals surface area (Å²) in [5, 5.41) is 21.1. The summed E-state index contributed by atoms with van der Waals surface area (Å²) in [5.74, 6) is -1.99. The molecule has 0 aliphatic heterocycles. The fourth-order valence-corrected chi connectivity index (χ4v) is 0.938. The van der Waals surface area contributed by atoms with Crippen LogP contribution in [0.4, 0.5) is 0 Å². The summed E-state index contributed by atoms with van der Waals surface area (Å²) in [6, 6.07) is 1.63. The molecule has 0 aliphatic carbocycles. The molecule has 0 saturated heterocycles. The standard InChI is InChI=1S/C7H6N4O3.K/c1-11-3-2-4(10-11)5-8-9-6(14-5)7(12)13;/h2-3H,1H3,(H,12,13);/q;+1/p-1. The summed E-state index contributed by atoms with van der Waals surface area (Å²) in [7, 11) is 1.72. The summed E-state index contributed by atoms with van der Waals surface area (Å²) in [6.07, 6.45) is 1.68. The van der Waals surface area contributed by atoms with Gasteiger partial charge in [0.15, 0.2) is 0 Å². The smallest absolute Gasteiger partial charge is 0.540 e. The van der Waals surface area contributed by atoms with Crippen molar-refractivity contribution in [3.63, 3.8) is 0 Å². The Labute approximate surface area is 127 Å². The average Bonchev–Trinajstić information content (AvgIpc) is 2.70. The van der Waals surface area contributed by atoms with E-state index in [1.807, 2.05) is 0 Å². The third-order valence-corrected chi connectivity index (χ3v) is 1.53. The van der Waals surface area contributed by atoms with Gasteiger partial charge in [0.1, 0.15) is 11.7 Å². The van der Waals surface area contributed by atoms with Crippen LogP contribution in [-0.2, 0) is 7.05 Å². The van der Waals surface area contributed by atoms with Crippen LogP contribution < -0.4 is 56.5 Å². The molecule has 0 aromatic carbocycles. The van der Waals surface area contributed by atoms with Gasteiger partial charge in [0.25, 0.3) is 11.8 Å². The largest absolute Gasteiger partial charge is 1.00 e. The summed E-state index contributed by atoms with van der Waals surface area (Å²) in [5.41, 5.74) is 0.424. The Hall–Kier alpha value is -0.544. The van der Waals surface area contributed by atoms with Crippen LogP contribution in [0.25, 0.3) is 11.6 Å². The maximum absolute atomic E-state index is 10.3. The van der Waals surface area contributed by atoms with Crippen LogP contribution >= 0.6 is 0 Å². The molecule has 2 rings (SSSR count). The van der Waals surface area contributed by atoms with Gasteiger partial charge in [0.05, 0.1) is 0 Å². The third kappa shape index (κ3) is 2.73. The van der Waals surface area contributed by atoms with Gasteiger partial charge in [0, 0.05) is 13.2 Å². The van der Waals surface area contributed by atoms with E-state index >= 15 is 0 Å². The first-order valence-electron chi connectivity index (χ1n) is 3.71. The molecule has 0 amide bonds. The number of carboxylic acids is 1. The fourth-order valence-electron chi connectivity index (χ4n) is 0.938. The molecule has 15 heavy (non-hydrogen) atoms. The van der Waals surface area contributed by atoms with Crippen molar-refractivity contribution in [3.8, 4) is 11.6 Å². The number of carbonyl (C=O) groups is 1. The molecule has 0 aliphatic rings. The van der Waals surface area contributed by atoms with Crippen molar-refractivity contribution in [1.29, 1.82) is 0 Å². The van der Waals surface area contributed by atoms with E-state index in [1.165, 1.54) is 4.68 Å². The molecule has 0 bridgehead atoms. The van der Waals surface area contributed by atoms with Gasteiger partial charge in [-0.1, -0.05) is 0 Å². The van der Waals surface area contributed by atoms with Crippen molar-refractivity contribution in [1.82, 2.24) is 20.0 Å². The maximum Gasteiger partial charge on any atom is 1.00 e. The van der Waals surface area contributed by atoms with E-state index in [0.717, 1.165) is 0 Å². The van der Waals surface area contributed by atoms with Crippen molar-refractivity contribution < 1.29 is 65.7 Å². The Morgan fingerprint density at radius 2 is 2.27 bits per heavy atom. The number of carbonyl (C=O) groups excluding carboxylic acids is 1. The minimum Gasteiger partial charge on any atom is -0.540 e. The summed E-state index contributed by atoms with van der Waals surface area (Å²) >= 11 is 0. The second-order valence-electron chi connectivity index (χ2n) is 2.57. The molecule has 2 heterocycles. The SMILES string of the molecule is Cn1ccc(-c2nnc(C(=O)[O-])o2)n1.[K+]. The number of nitrogens with zero attached hydrogens (tertiary/aromatic N) is 4. The molecule has 0 atom stereocenters. The minimum atomic E-state index is -1.50. The molecule has 2 aromatic rings. The van der Waals surface area contributed by atoms with E-state index in [9.17, 15) is 9.90 Å². The molecule has 7 nitrogen and oxygen atoms in total. The number of rotatable bonds is 2. The number of hydrogen-bond acceptors (Lipinski definition) is 6. The van der Waals surface area contributed by atoms with Crippen LogP contribution in [0.15, 0.2) is 16.7 Å². The van der Waals surface area contributed by atoms with Gasteiger partial charge < -0.3 is 14.3 Å². The summed E-state index contributed by atoms with van der Waals surface area (Å²) in [6.45, 7) is 0. The molecular formula is C7H5KN4O3. The first kappa shape index (κ1) is 12.5. The molecule has 0 radical (unpaired) electrons. The zero-order valence-electron chi connectivity index (χ0n) is 8.17. The molecule has 2 aromatic heterocycles. The molecule has 0 saturated carbocycles. The topological polar surface area (TPSA) is 96.9 Å². The first-order valence-corrected chi connectivity index (χ1v) is 3.71. The van der Waals surface area contributed by atoms with Crippen LogP contribution in [0.5, 0.6) is 0 Å². The molecule has 8 heteroatoms. The van der Waals surface area contributed by atoms with Crippen LogP contribution in [0.1, 0.15) is 10.7 Å². The fraction of sp³-hybridized carbons (Fsp3) is 0.143. The Morgan fingerprint density at radius 3 is 2.73 bits per heavy atom. The molecular weight excluding hydrogens is 227 g/mol. The Balaban J connectivity index is 0.00000112. The van der Waals surface area contributed by atoms with Gasteiger partial charge in [-0.05, 0) is 6.07 Å². The van der Waals surface area contributed by atoms with Crippen molar-refractivity contribution in [2.75, 3.05) is 0 Å². The van der Waals surface area contributed by atoms with Crippen molar-refractivity contribution in [3.05, 3.63) is 18.2 Å². The first-order chi connectivity index (χ1) is 6.66. The molecule has 0 spiro atoms. The van der Waals surface area contributed by atoms with Gasteiger partial charge in [-0.25, -0.2) is 0 Å². The average molecular weight is 232 g/mol. The van der Waals surface area contributed by atoms with Crippen molar-refractivity contribution in [2.24, 2.45) is 7.05 Å². The monoisotopic (exact) mass is 232 g/mol. The van der Waals surface area contributed by atoms with Crippen molar-refractivity contribution >= 4 is 5.97 Å². The number of aromatic carboxylic acids is 1. The Bertz CT molecular complexity index is 478. The number of aryl methyl sites for hydroxylation is 1. The zero-order valence-corrected chi connectivity index (χ0v) is 11.3. The normalized spacial score (nSPS) is 9.67. The van der Waals surface area contributed by atoms with Crippen LogP contribution in [0.3, 0.4) is 0 Å². The molecule has 0 unspecified atom stereocenters. The number of carboxylic acid groups (broad SMARTS) is 1. The molecule has 72 valence electrons. The van der Waals surface area contributed by atoms with Gasteiger partial charge in [-0.2, -0.15) is 5.10 Å².